The Morgan fingerprint density at radius 1 is 1.25 bits per heavy atom. The molecule has 0 unspecified atom stereocenters. The number of pyridine rings is 1. The number of carboxylic acid groups (broad SMARTS) is 1. The van der Waals surface area contributed by atoms with Crippen molar-refractivity contribution in [3.05, 3.63) is 33.9 Å². The number of hydrogen-bond acceptors (Lipinski definition) is 5. The van der Waals surface area contributed by atoms with Gasteiger partial charge in [-0.2, -0.15) is 0 Å². The number of hydrogen-bond donors (Lipinski definition) is 2. The van der Waals surface area contributed by atoms with E-state index >= 15 is 4.39 Å². The lowest BCUT2D eigenvalue weighted by Crippen LogP contribution is -2.41. The highest BCUT2D eigenvalue weighted by molar-refractivity contribution is 5.97. The Morgan fingerprint density at radius 2 is 2.00 bits per heavy atom. The number of nitrogens with zero attached hydrogens (tertiary/aromatic N) is 2. The van der Waals surface area contributed by atoms with E-state index in [4.69, 9.17) is 4.74 Å². The number of halogens is 1. The van der Waals surface area contributed by atoms with Gasteiger partial charge in [0.25, 0.3) is 0 Å². The molecule has 2 fully saturated rings. The van der Waals surface area contributed by atoms with Gasteiger partial charge in [-0.3, -0.25) is 4.79 Å². The largest absolute Gasteiger partial charge is 0.492 e. The van der Waals surface area contributed by atoms with E-state index in [0.717, 1.165) is 38.5 Å². The molecular formula is C24H31FN2O5. The summed E-state index contributed by atoms with van der Waals surface area (Å²) in [4.78, 5) is 26.5. The van der Waals surface area contributed by atoms with Crippen molar-refractivity contribution in [2.24, 2.45) is 11.8 Å². The Morgan fingerprint density at radius 3 is 2.59 bits per heavy atom. The molecule has 2 atom stereocenters. The molecule has 2 aliphatic rings. The number of aromatic carboxylic acids is 1. The van der Waals surface area contributed by atoms with Gasteiger partial charge in [-0.25, -0.2) is 9.18 Å². The average molecular weight is 447 g/mol. The molecule has 2 heterocycles. The molecule has 1 aliphatic heterocycles. The normalized spacial score (nSPS) is 21.2. The summed E-state index contributed by atoms with van der Waals surface area (Å²) in [5.41, 5.74) is -0.253. The molecule has 4 rings (SSSR count). The van der Waals surface area contributed by atoms with E-state index in [1.807, 2.05) is 4.90 Å². The topological polar surface area (TPSA) is 92.0 Å². The van der Waals surface area contributed by atoms with E-state index in [1.165, 1.54) is 19.4 Å². The molecule has 0 spiro atoms. The molecule has 2 aromatic rings. The highest BCUT2D eigenvalue weighted by atomic mass is 19.1. The standard InChI is InChI=1S/C24H31FN2O5/c1-3-4-15-12-26(9-7-14(15)8-10-28)21-19(25)11-17-20(23(21)32-2)27(16-5-6-16)13-18(22(17)29)24(30)31/h11,13-16,28H,3-10,12H2,1-2H3,(H,30,31)/t14-,15+/m0/s1. The fourth-order valence-electron chi connectivity index (χ4n) is 5.25. The predicted molar refractivity (Wildman–Crippen MR) is 120 cm³/mol. The molecule has 1 saturated heterocycles. The first kappa shape index (κ1) is 22.6. The van der Waals surface area contributed by atoms with E-state index in [-0.39, 0.29) is 29.3 Å². The number of rotatable bonds is 8. The van der Waals surface area contributed by atoms with Crippen molar-refractivity contribution in [1.82, 2.24) is 4.57 Å². The van der Waals surface area contributed by atoms with Gasteiger partial charge in [0.1, 0.15) is 11.3 Å². The monoisotopic (exact) mass is 446 g/mol. The van der Waals surface area contributed by atoms with Crippen LogP contribution in [0, 0.1) is 17.7 Å². The molecule has 1 saturated carbocycles. The van der Waals surface area contributed by atoms with Gasteiger partial charge in [0.15, 0.2) is 11.6 Å². The number of benzene rings is 1. The minimum absolute atomic E-state index is 0.0372. The number of aliphatic hydroxyl groups is 1. The van der Waals surface area contributed by atoms with Crippen LogP contribution in [-0.4, -0.2) is 47.6 Å². The molecular weight excluding hydrogens is 415 g/mol. The van der Waals surface area contributed by atoms with Crippen molar-refractivity contribution in [2.45, 2.75) is 51.5 Å². The molecule has 0 radical (unpaired) electrons. The summed E-state index contributed by atoms with van der Waals surface area (Å²) in [6.07, 6.45) is 6.72. The summed E-state index contributed by atoms with van der Waals surface area (Å²) in [5, 5.41) is 19.0. The van der Waals surface area contributed by atoms with Crippen molar-refractivity contribution in [3.8, 4) is 5.75 Å². The zero-order valence-corrected chi connectivity index (χ0v) is 18.6. The van der Waals surface area contributed by atoms with Gasteiger partial charge >= 0.3 is 5.97 Å². The number of fused-ring (bicyclic) bond motifs is 1. The maximum absolute atomic E-state index is 15.5. The summed E-state index contributed by atoms with van der Waals surface area (Å²) in [6, 6.07) is 1.25. The van der Waals surface area contributed by atoms with Crippen LogP contribution in [0.4, 0.5) is 10.1 Å². The number of anilines is 1. The maximum atomic E-state index is 15.5. The highest BCUT2D eigenvalue weighted by Gasteiger charge is 2.34. The molecule has 8 heteroatoms. The van der Waals surface area contributed by atoms with Gasteiger partial charge in [0.05, 0.1) is 18.0 Å². The summed E-state index contributed by atoms with van der Waals surface area (Å²) in [6.45, 7) is 3.56. The Bertz CT molecular complexity index is 1080. The van der Waals surface area contributed by atoms with E-state index in [0.29, 0.717) is 36.1 Å². The summed E-state index contributed by atoms with van der Waals surface area (Å²) < 4.78 is 23.0. The van der Waals surface area contributed by atoms with E-state index in [1.54, 1.807) is 4.57 Å². The van der Waals surface area contributed by atoms with Crippen LogP contribution < -0.4 is 15.1 Å². The maximum Gasteiger partial charge on any atom is 0.341 e. The van der Waals surface area contributed by atoms with Crippen LogP contribution in [-0.2, 0) is 0 Å². The molecule has 0 amide bonds. The lowest BCUT2D eigenvalue weighted by molar-refractivity contribution is 0.0694. The van der Waals surface area contributed by atoms with Crippen LogP contribution >= 0.6 is 0 Å². The quantitative estimate of drug-likeness (QED) is 0.641. The second kappa shape index (κ2) is 9.10. The number of carbonyl (C=O) groups is 1. The summed E-state index contributed by atoms with van der Waals surface area (Å²) in [7, 11) is 1.46. The molecule has 1 aliphatic carbocycles. The summed E-state index contributed by atoms with van der Waals surface area (Å²) in [5.74, 6) is -0.874. The minimum Gasteiger partial charge on any atom is -0.492 e. The van der Waals surface area contributed by atoms with Crippen LogP contribution in [0.15, 0.2) is 17.1 Å². The van der Waals surface area contributed by atoms with Gasteiger partial charge in [-0.15, -0.1) is 0 Å². The third kappa shape index (κ3) is 3.96. The number of piperidine rings is 1. The molecule has 0 bridgehead atoms. The molecule has 1 aromatic heterocycles. The third-order valence-corrected chi connectivity index (χ3v) is 6.94. The highest BCUT2D eigenvalue weighted by Crippen LogP contribution is 2.45. The fourth-order valence-corrected chi connectivity index (χ4v) is 5.25. The molecule has 32 heavy (non-hydrogen) atoms. The zero-order valence-electron chi connectivity index (χ0n) is 18.6. The fraction of sp³-hybridized carbons (Fsp3) is 0.583. The first-order valence-electron chi connectivity index (χ1n) is 11.5. The Hall–Kier alpha value is -2.61. The average Bonchev–Trinajstić information content (AvgIpc) is 3.60. The van der Waals surface area contributed by atoms with Gasteiger partial charge in [-0.1, -0.05) is 13.3 Å². The van der Waals surface area contributed by atoms with Crippen LogP contribution in [0.25, 0.3) is 10.9 Å². The number of ether oxygens (including phenoxy) is 1. The van der Waals surface area contributed by atoms with Crippen molar-refractivity contribution in [2.75, 3.05) is 31.7 Å². The summed E-state index contributed by atoms with van der Waals surface area (Å²) >= 11 is 0. The molecule has 1 aromatic carbocycles. The first-order chi connectivity index (χ1) is 15.4. The van der Waals surface area contributed by atoms with Gasteiger partial charge in [-0.05, 0) is 50.0 Å². The minimum atomic E-state index is -1.32. The zero-order chi connectivity index (χ0) is 23.0. The van der Waals surface area contributed by atoms with Crippen molar-refractivity contribution in [3.63, 3.8) is 0 Å². The second-order valence-corrected chi connectivity index (χ2v) is 9.01. The Balaban J connectivity index is 1.87. The van der Waals surface area contributed by atoms with Crippen LogP contribution in [0.5, 0.6) is 5.75 Å². The van der Waals surface area contributed by atoms with E-state index < -0.39 is 17.2 Å². The molecule has 2 N–H and O–H groups in total. The molecule has 174 valence electrons. The van der Waals surface area contributed by atoms with Crippen LogP contribution in [0.1, 0.15) is 61.8 Å². The van der Waals surface area contributed by atoms with Crippen LogP contribution in [0.3, 0.4) is 0 Å². The lowest BCUT2D eigenvalue weighted by Gasteiger charge is -2.40. The number of aromatic nitrogens is 1. The predicted octanol–water partition coefficient (Wildman–Crippen LogP) is 3.81. The van der Waals surface area contributed by atoms with E-state index in [2.05, 4.69) is 6.92 Å². The molecule has 7 nitrogen and oxygen atoms in total. The third-order valence-electron chi connectivity index (χ3n) is 6.94. The first-order valence-corrected chi connectivity index (χ1v) is 11.5. The van der Waals surface area contributed by atoms with Crippen molar-refractivity contribution < 1.29 is 24.1 Å². The van der Waals surface area contributed by atoms with Crippen molar-refractivity contribution >= 4 is 22.6 Å². The van der Waals surface area contributed by atoms with Gasteiger partial charge < -0.3 is 24.4 Å². The smallest absolute Gasteiger partial charge is 0.341 e. The van der Waals surface area contributed by atoms with Crippen molar-refractivity contribution in [1.29, 1.82) is 0 Å². The lowest BCUT2D eigenvalue weighted by atomic mass is 9.80. The Labute approximate surface area is 186 Å². The Kier molecular flexibility index (Phi) is 6.42. The van der Waals surface area contributed by atoms with Gasteiger partial charge in [0, 0.05) is 31.9 Å². The van der Waals surface area contributed by atoms with Crippen LogP contribution in [0.2, 0.25) is 0 Å². The van der Waals surface area contributed by atoms with Gasteiger partial charge in [0.2, 0.25) is 5.43 Å². The second-order valence-electron chi connectivity index (χ2n) is 9.01. The number of carboxylic acids is 1. The SMILES string of the molecule is CCC[C@@H]1CN(c2c(F)cc3c(=O)c(C(=O)O)cn(C4CC4)c3c2OC)CC[C@H]1CCO. The number of aliphatic hydroxyl groups excluding tert-OH is 1. The number of methoxy groups -OCH3 is 1. The van der Waals surface area contributed by atoms with E-state index in [9.17, 15) is 19.8 Å².